The predicted molar refractivity (Wildman–Crippen MR) is 54.4 cm³/mol. The van der Waals surface area contributed by atoms with Crippen LogP contribution in [0.25, 0.3) is 11.3 Å². The number of rotatable bonds is 3. The maximum atomic E-state index is 10.6. The van der Waals surface area contributed by atoms with Crippen molar-refractivity contribution in [2.75, 3.05) is 0 Å². The average molecular weight is 205 g/mol. The van der Waals surface area contributed by atoms with Gasteiger partial charge in [0.1, 0.15) is 12.4 Å². The van der Waals surface area contributed by atoms with E-state index in [1.165, 1.54) is 0 Å². The van der Waals surface area contributed by atoms with Crippen LogP contribution in [0.1, 0.15) is 5.82 Å². The number of nitrogens with zero attached hydrogens (tertiary/aromatic N) is 2. The van der Waals surface area contributed by atoms with E-state index in [9.17, 15) is 4.79 Å². The van der Waals surface area contributed by atoms with Gasteiger partial charge in [0.2, 0.25) is 0 Å². The van der Waals surface area contributed by atoms with E-state index >= 15 is 0 Å². The Morgan fingerprint density at radius 1 is 1.67 bits per heavy atom. The molecule has 15 heavy (non-hydrogen) atoms. The van der Waals surface area contributed by atoms with Gasteiger partial charge in [-0.3, -0.25) is 4.79 Å². The van der Waals surface area contributed by atoms with Crippen molar-refractivity contribution >= 4 is 5.97 Å². The van der Waals surface area contributed by atoms with Gasteiger partial charge < -0.3 is 14.7 Å². The fourth-order valence-electron chi connectivity index (χ4n) is 1.44. The van der Waals surface area contributed by atoms with E-state index in [0.29, 0.717) is 5.82 Å². The van der Waals surface area contributed by atoms with Crippen LogP contribution in [-0.2, 0) is 11.3 Å². The van der Waals surface area contributed by atoms with Crippen LogP contribution in [0.3, 0.4) is 0 Å². The Morgan fingerprint density at radius 2 is 2.47 bits per heavy atom. The van der Waals surface area contributed by atoms with Crippen molar-refractivity contribution in [1.82, 2.24) is 14.5 Å². The highest BCUT2D eigenvalue weighted by Crippen LogP contribution is 2.17. The lowest BCUT2D eigenvalue weighted by atomic mass is 10.3. The molecule has 0 saturated heterocycles. The molecule has 5 nitrogen and oxygen atoms in total. The number of carboxylic acid groups (broad SMARTS) is 1. The van der Waals surface area contributed by atoms with Gasteiger partial charge in [-0.25, -0.2) is 4.98 Å². The fraction of sp³-hybridized carbons (Fsp3) is 0.200. The Balaban J connectivity index is 2.33. The molecule has 0 aliphatic heterocycles. The molecule has 0 atom stereocenters. The Morgan fingerprint density at radius 3 is 3.07 bits per heavy atom. The summed E-state index contributed by atoms with van der Waals surface area (Å²) in [5, 5.41) is 8.68. The summed E-state index contributed by atoms with van der Waals surface area (Å²) in [6, 6.07) is 1.90. The van der Waals surface area contributed by atoms with Crippen molar-refractivity contribution in [3.8, 4) is 11.3 Å². The van der Waals surface area contributed by atoms with Crippen LogP contribution in [0.5, 0.6) is 0 Å². The first-order valence-electron chi connectivity index (χ1n) is 4.55. The summed E-state index contributed by atoms with van der Waals surface area (Å²) >= 11 is 0. The SMILES string of the molecule is Cc1nc(-c2cc[nH]c2)cn1CC(=O)O. The van der Waals surface area contributed by atoms with E-state index in [1.807, 2.05) is 12.3 Å². The van der Waals surface area contributed by atoms with Gasteiger partial charge in [-0.05, 0) is 13.0 Å². The first kappa shape index (κ1) is 9.51. The zero-order valence-corrected chi connectivity index (χ0v) is 8.27. The molecule has 78 valence electrons. The highest BCUT2D eigenvalue weighted by Gasteiger charge is 2.08. The van der Waals surface area contributed by atoms with Gasteiger partial charge in [0.25, 0.3) is 0 Å². The van der Waals surface area contributed by atoms with Crippen molar-refractivity contribution in [2.45, 2.75) is 13.5 Å². The van der Waals surface area contributed by atoms with E-state index in [0.717, 1.165) is 11.3 Å². The van der Waals surface area contributed by atoms with Crippen molar-refractivity contribution in [2.24, 2.45) is 0 Å². The minimum absolute atomic E-state index is 0.0523. The lowest BCUT2D eigenvalue weighted by Crippen LogP contribution is -2.08. The van der Waals surface area contributed by atoms with E-state index in [1.54, 1.807) is 23.9 Å². The summed E-state index contributed by atoms with van der Waals surface area (Å²) in [6.45, 7) is 1.74. The molecule has 0 bridgehead atoms. The third-order valence-electron chi connectivity index (χ3n) is 2.18. The molecule has 2 aromatic heterocycles. The highest BCUT2D eigenvalue weighted by molar-refractivity contribution is 5.67. The van der Waals surface area contributed by atoms with Crippen molar-refractivity contribution in [3.63, 3.8) is 0 Å². The van der Waals surface area contributed by atoms with E-state index in [4.69, 9.17) is 5.11 Å². The normalized spacial score (nSPS) is 10.5. The Bertz CT molecular complexity index is 471. The number of aromatic nitrogens is 3. The third-order valence-corrected chi connectivity index (χ3v) is 2.18. The van der Waals surface area contributed by atoms with Gasteiger partial charge >= 0.3 is 5.97 Å². The summed E-state index contributed by atoms with van der Waals surface area (Å²) in [5.74, 6) is -0.162. The molecule has 0 aromatic carbocycles. The summed E-state index contributed by atoms with van der Waals surface area (Å²) < 4.78 is 1.62. The monoisotopic (exact) mass is 205 g/mol. The second kappa shape index (κ2) is 3.61. The number of carbonyl (C=O) groups is 1. The highest BCUT2D eigenvalue weighted by atomic mass is 16.4. The van der Waals surface area contributed by atoms with E-state index in [-0.39, 0.29) is 6.54 Å². The summed E-state index contributed by atoms with van der Waals surface area (Å²) in [4.78, 5) is 17.8. The van der Waals surface area contributed by atoms with Crippen LogP contribution >= 0.6 is 0 Å². The van der Waals surface area contributed by atoms with Gasteiger partial charge in [0.05, 0.1) is 5.69 Å². The first-order chi connectivity index (χ1) is 7.16. The molecule has 0 fully saturated rings. The van der Waals surface area contributed by atoms with Gasteiger partial charge in [-0.2, -0.15) is 0 Å². The summed E-state index contributed by atoms with van der Waals surface area (Å²) in [7, 11) is 0. The molecular formula is C10H11N3O2. The second-order valence-electron chi connectivity index (χ2n) is 3.29. The topological polar surface area (TPSA) is 70.9 Å². The predicted octanol–water partition coefficient (Wildman–Crippen LogP) is 1.27. The number of hydrogen-bond acceptors (Lipinski definition) is 2. The Kier molecular flexibility index (Phi) is 2.29. The van der Waals surface area contributed by atoms with Gasteiger partial charge in [-0.15, -0.1) is 0 Å². The van der Waals surface area contributed by atoms with Crippen LogP contribution in [0.15, 0.2) is 24.7 Å². The Hall–Kier alpha value is -2.04. The number of H-pyrrole nitrogens is 1. The smallest absolute Gasteiger partial charge is 0.323 e. The van der Waals surface area contributed by atoms with Gasteiger partial charge in [-0.1, -0.05) is 0 Å². The molecule has 2 N–H and O–H groups in total. The number of aliphatic carboxylic acids is 1. The number of aryl methyl sites for hydroxylation is 1. The van der Waals surface area contributed by atoms with Crippen LogP contribution in [-0.4, -0.2) is 25.6 Å². The van der Waals surface area contributed by atoms with Gasteiger partial charge in [0, 0.05) is 24.2 Å². The van der Waals surface area contributed by atoms with Crippen molar-refractivity contribution < 1.29 is 9.90 Å². The lowest BCUT2D eigenvalue weighted by molar-refractivity contribution is -0.137. The molecule has 5 heteroatoms. The van der Waals surface area contributed by atoms with Crippen LogP contribution in [0, 0.1) is 6.92 Å². The molecule has 0 amide bonds. The average Bonchev–Trinajstić information content (AvgIpc) is 2.75. The van der Waals surface area contributed by atoms with Crippen LogP contribution in [0.2, 0.25) is 0 Å². The quantitative estimate of drug-likeness (QED) is 0.792. The minimum atomic E-state index is -0.865. The standard InChI is InChI=1S/C10H11N3O2/c1-7-12-9(8-2-3-11-4-8)5-13(7)6-10(14)15/h2-5,11H,6H2,1H3,(H,14,15). The molecule has 2 aromatic rings. The molecule has 0 spiro atoms. The number of aromatic amines is 1. The number of hydrogen-bond donors (Lipinski definition) is 2. The summed E-state index contributed by atoms with van der Waals surface area (Å²) in [5.41, 5.74) is 1.75. The Labute approximate surface area is 86.4 Å². The maximum Gasteiger partial charge on any atom is 0.323 e. The lowest BCUT2D eigenvalue weighted by Gasteiger charge is -1.97. The van der Waals surface area contributed by atoms with Crippen LogP contribution in [0.4, 0.5) is 0 Å². The maximum absolute atomic E-state index is 10.6. The largest absolute Gasteiger partial charge is 0.480 e. The zero-order valence-electron chi connectivity index (χ0n) is 8.27. The molecule has 2 heterocycles. The fourth-order valence-corrected chi connectivity index (χ4v) is 1.44. The van der Waals surface area contributed by atoms with Crippen molar-refractivity contribution in [3.05, 3.63) is 30.5 Å². The third kappa shape index (κ3) is 1.90. The molecular weight excluding hydrogens is 194 g/mol. The van der Waals surface area contributed by atoms with Crippen LogP contribution < -0.4 is 0 Å². The number of imidazole rings is 1. The molecule has 0 saturated carbocycles. The van der Waals surface area contributed by atoms with Crippen molar-refractivity contribution in [1.29, 1.82) is 0 Å². The molecule has 0 unspecified atom stereocenters. The summed E-state index contributed by atoms with van der Waals surface area (Å²) in [6.07, 6.45) is 5.38. The minimum Gasteiger partial charge on any atom is -0.480 e. The second-order valence-corrected chi connectivity index (χ2v) is 3.29. The number of carboxylic acids is 1. The molecule has 0 aliphatic rings. The molecule has 2 rings (SSSR count). The first-order valence-corrected chi connectivity index (χ1v) is 4.55. The molecule has 0 radical (unpaired) electrons. The van der Waals surface area contributed by atoms with E-state index < -0.39 is 5.97 Å². The zero-order chi connectivity index (χ0) is 10.8. The number of nitrogens with one attached hydrogen (secondary N) is 1. The molecule has 0 aliphatic carbocycles. The van der Waals surface area contributed by atoms with E-state index in [2.05, 4.69) is 9.97 Å². The van der Waals surface area contributed by atoms with Gasteiger partial charge in [0.15, 0.2) is 0 Å².